The zero-order chi connectivity index (χ0) is 22.7. The molecule has 1 N–H and O–H groups in total. The number of aliphatic hydroxyl groups is 1. The summed E-state index contributed by atoms with van der Waals surface area (Å²) in [6.45, 7) is 3.16. The first-order valence-electron chi connectivity index (χ1n) is 12.7. The Morgan fingerprint density at radius 3 is 2.24 bits per heavy atom. The van der Waals surface area contributed by atoms with E-state index < -0.39 is 6.10 Å². The third-order valence-corrected chi connectivity index (χ3v) is 8.85. The Morgan fingerprint density at radius 2 is 1.50 bits per heavy atom. The number of hydrogen-bond acceptors (Lipinski definition) is 3. The molecule has 2 bridgehead atoms. The fourth-order valence-electron chi connectivity index (χ4n) is 7.25. The third-order valence-electron chi connectivity index (χ3n) is 8.85. The predicted octanol–water partition coefficient (Wildman–Crippen LogP) is 5.82. The van der Waals surface area contributed by atoms with Crippen LogP contribution in [0, 0.1) is 5.92 Å². The number of piperidine rings is 1. The van der Waals surface area contributed by atoms with Gasteiger partial charge in [-0.05, 0) is 65.9 Å². The van der Waals surface area contributed by atoms with Gasteiger partial charge in [-0.1, -0.05) is 72.8 Å². The molecule has 1 aromatic heterocycles. The van der Waals surface area contributed by atoms with Crippen molar-refractivity contribution in [1.82, 2.24) is 9.88 Å². The van der Waals surface area contributed by atoms with Crippen molar-refractivity contribution < 1.29 is 5.11 Å². The van der Waals surface area contributed by atoms with Crippen LogP contribution >= 0.6 is 0 Å². The van der Waals surface area contributed by atoms with E-state index in [9.17, 15) is 5.11 Å². The maximum atomic E-state index is 11.3. The molecule has 0 spiro atoms. The Hall–Kier alpha value is -3.01. The minimum atomic E-state index is -0.456. The third kappa shape index (κ3) is 2.93. The zero-order valence-corrected chi connectivity index (χ0v) is 19.4. The van der Waals surface area contributed by atoms with Crippen molar-refractivity contribution in [2.75, 3.05) is 19.6 Å². The molecular weight excluding hydrogens is 416 g/mol. The number of nitrogens with zero attached hydrogens (tertiary/aromatic N) is 2. The molecule has 7 rings (SSSR count). The van der Waals surface area contributed by atoms with Crippen LogP contribution in [0.3, 0.4) is 0 Å². The normalized spacial score (nSPS) is 24.8. The van der Waals surface area contributed by atoms with Crippen LogP contribution in [-0.2, 0) is 5.41 Å². The molecule has 1 saturated heterocycles. The lowest BCUT2D eigenvalue weighted by atomic mass is 9.74. The molecule has 1 aliphatic heterocycles. The van der Waals surface area contributed by atoms with Crippen LogP contribution in [0.4, 0.5) is 0 Å². The average molecular weight is 447 g/mol. The van der Waals surface area contributed by atoms with Crippen LogP contribution in [-0.4, -0.2) is 34.6 Å². The molecule has 3 aromatic carbocycles. The first-order valence-corrected chi connectivity index (χ1v) is 12.7. The van der Waals surface area contributed by atoms with E-state index in [1.54, 1.807) is 11.1 Å². The highest BCUT2D eigenvalue weighted by atomic mass is 16.3. The van der Waals surface area contributed by atoms with Crippen molar-refractivity contribution in [3.8, 4) is 0 Å². The van der Waals surface area contributed by atoms with E-state index in [2.05, 4.69) is 70.5 Å². The summed E-state index contributed by atoms with van der Waals surface area (Å²) in [5, 5.41) is 13.5. The summed E-state index contributed by atoms with van der Waals surface area (Å²) in [5.74, 6) is 0.825. The number of rotatable bonds is 4. The largest absolute Gasteiger partial charge is 0.388 e. The van der Waals surface area contributed by atoms with E-state index in [-0.39, 0.29) is 11.3 Å². The van der Waals surface area contributed by atoms with Gasteiger partial charge in [0.1, 0.15) is 0 Å². The van der Waals surface area contributed by atoms with E-state index in [0.717, 1.165) is 48.8 Å². The van der Waals surface area contributed by atoms with E-state index >= 15 is 0 Å². The molecule has 3 heteroatoms. The number of aliphatic hydroxyl groups excluding tert-OH is 1. The molecule has 3 aliphatic rings. The Balaban J connectivity index is 1.12. The van der Waals surface area contributed by atoms with Crippen molar-refractivity contribution in [2.45, 2.75) is 36.7 Å². The minimum absolute atomic E-state index is 0.114. The highest BCUT2D eigenvalue weighted by Crippen LogP contribution is 2.60. The molecule has 1 atom stereocenters. The summed E-state index contributed by atoms with van der Waals surface area (Å²) in [6, 6.07) is 26.5. The summed E-state index contributed by atoms with van der Waals surface area (Å²) < 4.78 is 0. The van der Waals surface area contributed by atoms with E-state index in [0.29, 0.717) is 5.92 Å². The first-order chi connectivity index (χ1) is 16.7. The molecule has 2 aliphatic carbocycles. The van der Waals surface area contributed by atoms with Crippen LogP contribution in [0.2, 0.25) is 0 Å². The zero-order valence-electron chi connectivity index (χ0n) is 19.4. The molecule has 0 radical (unpaired) electrons. The second-order valence-corrected chi connectivity index (χ2v) is 10.5. The highest BCUT2D eigenvalue weighted by Gasteiger charge is 2.53. The van der Waals surface area contributed by atoms with Crippen LogP contribution < -0.4 is 0 Å². The summed E-state index contributed by atoms with van der Waals surface area (Å²) >= 11 is 0. The lowest BCUT2D eigenvalue weighted by molar-refractivity contribution is 0.0547. The maximum absolute atomic E-state index is 11.3. The van der Waals surface area contributed by atoms with Gasteiger partial charge in [0.15, 0.2) is 0 Å². The second-order valence-electron chi connectivity index (χ2n) is 10.5. The molecule has 1 fully saturated rings. The quantitative estimate of drug-likeness (QED) is 0.429. The van der Waals surface area contributed by atoms with Gasteiger partial charge >= 0.3 is 0 Å². The maximum Gasteiger partial charge on any atom is 0.0840 e. The smallest absolute Gasteiger partial charge is 0.0840 e. The highest BCUT2D eigenvalue weighted by molar-refractivity contribution is 5.84. The number of likely N-dealkylation sites (tertiary alicyclic amines) is 1. The van der Waals surface area contributed by atoms with Gasteiger partial charge in [0.25, 0.3) is 0 Å². The molecule has 34 heavy (non-hydrogen) atoms. The second kappa shape index (κ2) is 7.76. The number of aromatic nitrogens is 1. The number of pyridine rings is 1. The van der Waals surface area contributed by atoms with Crippen LogP contribution in [0.5, 0.6) is 0 Å². The van der Waals surface area contributed by atoms with Crippen molar-refractivity contribution >= 4 is 10.8 Å². The summed E-state index contributed by atoms with van der Waals surface area (Å²) in [7, 11) is 0. The average Bonchev–Trinajstić information content (AvgIpc) is 3.41. The first kappa shape index (κ1) is 20.4. The molecule has 0 unspecified atom stereocenters. The van der Waals surface area contributed by atoms with Gasteiger partial charge in [0, 0.05) is 41.2 Å². The molecule has 170 valence electrons. The van der Waals surface area contributed by atoms with Crippen molar-refractivity contribution in [3.05, 3.63) is 113 Å². The SMILES string of the molecule is O[C@@H](c1cncc2ccccc12)C1CCN(CC23CC(c4ccccc42)c2ccccc23)CC1. The van der Waals surface area contributed by atoms with E-state index in [1.807, 2.05) is 24.5 Å². The van der Waals surface area contributed by atoms with Crippen molar-refractivity contribution in [1.29, 1.82) is 0 Å². The standard InChI is InChI=1S/C31H30N2O/c34-30(27-19-32-18-22-7-1-2-8-23(22)27)21-13-15-33(16-14-21)20-31-17-26(24-9-3-5-11-28(24)31)25-10-4-6-12-29(25)31/h1-12,18-19,21,26,30,34H,13-17,20H2/t26?,30-,31?/m1/s1. The molecule has 4 aromatic rings. The molecular formula is C31H30N2O. The number of fused-ring (bicyclic) bond motifs is 9. The van der Waals surface area contributed by atoms with Crippen LogP contribution in [0.15, 0.2) is 85.2 Å². The Bertz CT molecular complexity index is 1320. The van der Waals surface area contributed by atoms with Crippen molar-refractivity contribution in [3.63, 3.8) is 0 Å². The van der Waals surface area contributed by atoms with E-state index in [4.69, 9.17) is 0 Å². The van der Waals surface area contributed by atoms with Crippen LogP contribution in [0.25, 0.3) is 10.8 Å². The number of hydrogen-bond donors (Lipinski definition) is 1. The predicted molar refractivity (Wildman–Crippen MR) is 136 cm³/mol. The Kier molecular flexibility index (Phi) is 4.65. The lowest BCUT2D eigenvalue weighted by Crippen LogP contribution is -2.44. The Labute approximate surface area is 201 Å². The monoisotopic (exact) mass is 446 g/mol. The summed E-state index contributed by atoms with van der Waals surface area (Å²) in [5.41, 5.74) is 7.26. The van der Waals surface area contributed by atoms with Crippen LogP contribution in [0.1, 0.15) is 59.1 Å². The summed E-state index contributed by atoms with van der Waals surface area (Å²) in [6.07, 6.45) is 6.54. The minimum Gasteiger partial charge on any atom is -0.388 e. The van der Waals surface area contributed by atoms with Gasteiger partial charge in [-0.2, -0.15) is 0 Å². The van der Waals surface area contributed by atoms with E-state index in [1.165, 1.54) is 17.5 Å². The molecule has 0 amide bonds. The van der Waals surface area contributed by atoms with Crippen molar-refractivity contribution in [2.24, 2.45) is 5.92 Å². The van der Waals surface area contributed by atoms with Gasteiger partial charge < -0.3 is 10.0 Å². The lowest BCUT2D eigenvalue weighted by Gasteiger charge is -2.40. The van der Waals surface area contributed by atoms with Gasteiger partial charge in [0.05, 0.1) is 6.10 Å². The van der Waals surface area contributed by atoms with Gasteiger partial charge in [0.2, 0.25) is 0 Å². The molecule has 2 heterocycles. The van der Waals surface area contributed by atoms with Gasteiger partial charge in [-0.15, -0.1) is 0 Å². The topological polar surface area (TPSA) is 36.4 Å². The summed E-state index contributed by atoms with van der Waals surface area (Å²) in [4.78, 5) is 7.07. The molecule has 0 saturated carbocycles. The fourth-order valence-corrected chi connectivity index (χ4v) is 7.25. The Morgan fingerprint density at radius 1 is 0.853 bits per heavy atom. The van der Waals surface area contributed by atoms with Gasteiger partial charge in [-0.25, -0.2) is 0 Å². The fraction of sp³-hybridized carbons (Fsp3) is 0.323. The molecule has 3 nitrogen and oxygen atoms in total. The number of benzene rings is 3. The van der Waals surface area contributed by atoms with Gasteiger partial charge in [-0.3, -0.25) is 4.98 Å².